The predicted octanol–water partition coefficient (Wildman–Crippen LogP) is 0.622. The molecule has 1 aliphatic rings. The van der Waals surface area contributed by atoms with Crippen LogP contribution in [0.3, 0.4) is 0 Å². The topological polar surface area (TPSA) is 50.8 Å². The van der Waals surface area contributed by atoms with E-state index in [1.165, 1.54) is 0 Å². The molecule has 0 radical (unpaired) electrons. The molecule has 0 saturated heterocycles. The summed E-state index contributed by atoms with van der Waals surface area (Å²) in [5.74, 6) is 0. The smallest absolute Gasteiger partial charge is 0.204 e. The second kappa shape index (κ2) is 2.89. The van der Waals surface area contributed by atoms with Crippen molar-refractivity contribution < 1.29 is 0 Å². The van der Waals surface area contributed by atoms with Crippen molar-refractivity contribution in [3.05, 3.63) is 12.3 Å². The standard InChI is InChI=1S/C7H7N3/c8-5-7(6-9)10-3-1-2-4-10/h1,3,7H,2,4H2. The Hall–Kier alpha value is -1.48. The number of nitrogens with zero attached hydrogens (tertiary/aromatic N) is 3. The molecule has 0 aromatic rings. The first kappa shape index (κ1) is 6.64. The maximum absolute atomic E-state index is 8.44. The molecule has 0 bridgehead atoms. The van der Waals surface area contributed by atoms with Crippen molar-refractivity contribution in [3.8, 4) is 12.1 Å². The predicted molar refractivity (Wildman–Crippen MR) is 35.5 cm³/mol. The molecule has 0 atom stereocenters. The van der Waals surface area contributed by atoms with Gasteiger partial charge in [0.05, 0.1) is 0 Å². The Morgan fingerprint density at radius 3 is 2.50 bits per heavy atom. The van der Waals surface area contributed by atoms with Crippen LogP contribution in [0.1, 0.15) is 6.42 Å². The van der Waals surface area contributed by atoms with E-state index >= 15 is 0 Å². The Kier molecular flexibility index (Phi) is 1.92. The Bertz CT molecular complexity index is 204. The van der Waals surface area contributed by atoms with Gasteiger partial charge in [-0.25, -0.2) is 0 Å². The first-order valence-electron chi connectivity index (χ1n) is 3.10. The van der Waals surface area contributed by atoms with Gasteiger partial charge in [-0.15, -0.1) is 0 Å². The highest BCUT2D eigenvalue weighted by Crippen LogP contribution is 2.07. The monoisotopic (exact) mass is 133 g/mol. The first-order valence-corrected chi connectivity index (χ1v) is 3.10. The van der Waals surface area contributed by atoms with Crippen LogP contribution in [-0.2, 0) is 0 Å². The van der Waals surface area contributed by atoms with Crippen LogP contribution in [0.5, 0.6) is 0 Å². The molecule has 0 spiro atoms. The van der Waals surface area contributed by atoms with E-state index in [4.69, 9.17) is 10.5 Å². The van der Waals surface area contributed by atoms with Crippen LogP contribution in [0.4, 0.5) is 0 Å². The summed E-state index contributed by atoms with van der Waals surface area (Å²) < 4.78 is 0. The summed E-state index contributed by atoms with van der Waals surface area (Å²) in [6.07, 6.45) is 4.71. The molecule has 0 fully saturated rings. The highest BCUT2D eigenvalue weighted by atomic mass is 15.1. The fourth-order valence-electron chi connectivity index (χ4n) is 0.900. The molecule has 0 aromatic carbocycles. The number of hydrogen-bond donors (Lipinski definition) is 0. The second-order valence-electron chi connectivity index (χ2n) is 2.07. The lowest BCUT2D eigenvalue weighted by atomic mass is 10.3. The van der Waals surface area contributed by atoms with E-state index in [0.717, 1.165) is 13.0 Å². The highest BCUT2D eigenvalue weighted by molar-refractivity contribution is 5.12. The van der Waals surface area contributed by atoms with Crippen LogP contribution in [0.2, 0.25) is 0 Å². The third kappa shape index (κ3) is 1.09. The summed E-state index contributed by atoms with van der Waals surface area (Å²) in [4.78, 5) is 1.74. The normalized spacial score (nSPS) is 15.3. The molecule has 10 heavy (non-hydrogen) atoms. The lowest BCUT2D eigenvalue weighted by molar-refractivity contribution is 0.402. The van der Waals surface area contributed by atoms with Crippen LogP contribution in [-0.4, -0.2) is 17.5 Å². The van der Waals surface area contributed by atoms with Gasteiger partial charge in [0, 0.05) is 6.54 Å². The first-order chi connectivity index (χ1) is 4.88. The minimum atomic E-state index is -0.598. The third-order valence-corrected chi connectivity index (χ3v) is 1.43. The van der Waals surface area contributed by atoms with Crippen molar-refractivity contribution in [3.63, 3.8) is 0 Å². The van der Waals surface area contributed by atoms with Crippen LogP contribution >= 0.6 is 0 Å². The van der Waals surface area contributed by atoms with E-state index in [2.05, 4.69) is 0 Å². The lowest BCUT2D eigenvalue weighted by Gasteiger charge is -2.14. The Balaban J connectivity index is 2.58. The molecule has 0 amide bonds. The third-order valence-electron chi connectivity index (χ3n) is 1.43. The van der Waals surface area contributed by atoms with E-state index in [9.17, 15) is 0 Å². The minimum Gasteiger partial charge on any atom is -0.351 e. The summed E-state index contributed by atoms with van der Waals surface area (Å²) in [6.45, 7) is 0.797. The summed E-state index contributed by atoms with van der Waals surface area (Å²) in [7, 11) is 0. The average Bonchev–Trinajstić information content (AvgIpc) is 2.43. The van der Waals surface area contributed by atoms with Crippen molar-refractivity contribution in [2.75, 3.05) is 6.54 Å². The van der Waals surface area contributed by atoms with E-state index in [0.29, 0.717) is 0 Å². The molecular formula is C7H7N3. The van der Waals surface area contributed by atoms with E-state index < -0.39 is 6.04 Å². The summed E-state index contributed by atoms with van der Waals surface area (Å²) in [6, 6.07) is 3.22. The van der Waals surface area contributed by atoms with Gasteiger partial charge < -0.3 is 4.90 Å². The van der Waals surface area contributed by atoms with Gasteiger partial charge >= 0.3 is 0 Å². The zero-order valence-electron chi connectivity index (χ0n) is 5.49. The Morgan fingerprint density at radius 1 is 1.40 bits per heavy atom. The Labute approximate surface area is 59.8 Å². The van der Waals surface area contributed by atoms with Crippen molar-refractivity contribution in [1.29, 1.82) is 10.5 Å². The average molecular weight is 133 g/mol. The van der Waals surface area contributed by atoms with Gasteiger partial charge in [-0.2, -0.15) is 10.5 Å². The SMILES string of the molecule is N#CC(C#N)N1C=CCC1. The maximum Gasteiger partial charge on any atom is 0.204 e. The molecule has 3 nitrogen and oxygen atoms in total. The van der Waals surface area contributed by atoms with Crippen LogP contribution in [0.25, 0.3) is 0 Å². The van der Waals surface area contributed by atoms with Gasteiger partial charge in [-0.1, -0.05) is 6.08 Å². The van der Waals surface area contributed by atoms with E-state index in [-0.39, 0.29) is 0 Å². The number of nitriles is 2. The molecule has 1 heterocycles. The Morgan fingerprint density at radius 2 is 2.10 bits per heavy atom. The van der Waals surface area contributed by atoms with Gasteiger partial charge in [-0.05, 0) is 12.6 Å². The fourth-order valence-corrected chi connectivity index (χ4v) is 0.900. The van der Waals surface area contributed by atoms with Crippen molar-refractivity contribution in [2.45, 2.75) is 12.5 Å². The molecule has 3 heteroatoms. The van der Waals surface area contributed by atoms with Crippen molar-refractivity contribution in [1.82, 2.24) is 4.90 Å². The quantitative estimate of drug-likeness (QED) is 0.527. The molecule has 0 saturated carbocycles. The fraction of sp³-hybridized carbons (Fsp3) is 0.429. The maximum atomic E-state index is 8.44. The molecule has 0 N–H and O–H groups in total. The highest BCUT2D eigenvalue weighted by Gasteiger charge is 2.14. The zero-order chi connectivity index (χ0) is 7.40. The molecule has 1 rings (SSSR count). The molecule has 50 valence electrons. The minimum absolute atomic E-state index is 0.598. The van der Waals surface area contributed by atoms with Crippen LogP contribution in [0.15, 0.2) is 12.3 Å². The molecule has 0 aliphatic carbocycles. The number of hydrogen-bond acceptors (Lipinski definition) is 3. The molecule has 0 aromatic heterocycles. The second-order valence-corrected chi connectivity index (χ2v) is 2.07. The van der Waals surface area contributed by atoms with Gasteiger partial charge in [0.15, 0.2) is 0 Å². The molecular weight excluding hydrogens is 126 g/mol. The largest absolute Gasteiger partial charge is 0.351 e. The summed E-state index contributed by atoms with van der Waals surface area (Å²) in [5.41, 5.74) is 0. The van der Waals surface area contributed by atoms with E-state index in [1.54, 1.807) is 11.1 Å². The summed E-state index contributed by atoms with van der Waals surface area (Å²) >= 11 is 0. The van der Waals surface area contributed by atoms with Gasteiger partial charge in [0.1, 0.15) is 12.1 Å². The zero-order valence-corrected chi connectivity index (χ0v) is 5.49. The van der Waals surface area contributed by atoms with Crippen LogP contribution < -0.4 is 0 Å². The van der Waals surface area contributed by atoms with Gasteiger partial charge in [0.25, 0.3) is 0 Å². The van der Waals surface area contributed by atoms with Gasteiger partial charge in [-0.3, -0.25) is 0 Å². The van der Waals surface area contributed by atoms with Crippen LogP contribution in [0, 0.1) is 22.7 Å². The van der Waals surface area contributed by atoms with Gasteiger partial charge in [0.2, 0.25) is 6.04 Å². The molecule has 0 unspecified atom stereocenters. The molecule has 1 aliphatic heterocycles. The lowest BCUT2D eigenvalue weighted by Crippen LogP contribution is -2.25. The van der Waals surface area contributed by atoms with Crippen molar-refractivity contribution in [2.24, 2.45) is 0 Å². The summed E-state index contributed by atoms with van der Waals surface area (Å²) in [5, 5.41) is 16.9. The number of rotatable bonds is 1. The van der Waals surface area contributed by atoms with Crippen molar-refractivity contribution >= 4 is 0 Å². The van der Waals surface area contributed by atoms with E-state index in [1.807, 2.05) is 18.2 Å².